The third kappa shape index (κ3) is 28.9. The zero-order valence-corrected chi connectivity index (χ0v) is 54.8. The Labute approximate surface area is 539 Å². The fourth-order valence-electron chi connectivity index (χ4n) is 8.27. The molecule has 0 aliphatic carbocycles. The molecule has 0 radical (unpaired) electrons. The van der Waals surface area contributed by atoms with Crippen LogP contribution in [-0.2, 0) is 73.5 Å². The van der Waals surface area contributed by atoms with E-state index in [2.05, 4.69) is 89.1 Å². The molecule has 0 aliphatic heterocycles. The topological polar surface area (TPSA) is 516 Å². The number of nitrogens with two attached hydrogens (primary N) is 2. The molecule has 0 unspecified atom stereocenters. The Kier molecular flexibility index (Phi) is 35.8. The average Bonchev–Trinajstić information content (AvgIpc) is 2.14. The molecule has 0 saturated carbocycles. The molecular weight excluding hydrogens is 1230 g/mol. The summed E-state index contributed by atoms with van der Waals surface area (Å²) in [6, 6.07) is -12.8. The number of hydrogen-bond acceptors (Lipinski definition) is 20. The van der Waals surface area contributed by atoms with Crippen LogP contribution in [0.2, 0.25) is 0 Å². The quantitative estimate of drug-likeness (QED) is 0.0273. The standard InChI is InChI=1S/C57H94N14O18S2/c1-25(2)18-35(50(81)67-38(21-72)52(83)70-41(24-91)54(85)63-34(16-17-42(58)75)48(79)69-40(23-90)53(84)61-29(9)46(77)66-37(57(88)89)19-26(3)4)64-45(76)30(10)62-56(87)44(28(7)8)71-47(78)31(11)60-49(80)36(20-32-12-14-33(74)15-13-32)65-51(82)39(22-73)68-55(86)43(59)27(5)6/h12-15,25-31,34-41,43-44,72-74,90-91H,16-24,59H2,1-11H3,(H2,58,75)(H,60,80)(H,61,84)(H,62,87)(H,63,85)(H,64,76)(H,65,82)(H,66,77)(H,67,81)(H,68,86)(H,69,79)(H,70,83)(H,71,78)(H,88,89)/t29-,30-,31-,34-,35-,36-,37-,38-,39-,40-,41-,43-,44-/m0/s1. The summed E-state index contributed by atoms with van der Waals surface area (Å²) in [5.41, 5.74) is 11.7. The Hall–Kier alpha value is -7.82. The first-order valence-electron chi connectivity index (χ1n) is 29.5. The van der Waals surface area contributed by atoms with Gasteiger partial charge in [0.25, 0.3) is 0 Å². The second-order valence-corrected chi connectivity index (χ2v) is 24.1. The lowest BCUT2D eigenvalue weighted by Gasteiger charge is -2.28. The second kappa shape index (κ2) is 40.1. The van der Waals surface area contributed by atoms with Crippen LogP contribution in [0.25, 0.3) is 0 Å². The van der Waals surface area contributed by atoms with Crippen molar-refractivity contribution in [1.29, 1.82) is 0 Å². The molecule has 34 heteroatoms. The van der Waals surface area contributed by atoms with Crippen LogP contribution in [0.4, 0.5) is 0 Å². The fraction of sp³-hybridized carbons (Fsp3) is 0.649. The van der Waals surface area contributed by atoms with E-state index in [9.17, 15) is 87.5 Å². The molecule has 20 N–H and O–H groups in total. The van der Waals surface area contributed by atoms with E-state index in [1.807, 2.05) is 0 Å². The van der Waals surface area contributed by atoms with Gasteiger partial charge in [-0.2, -0.15) is 25.3 Å². The minimum atomic E-state index is -1.77. The van der Waals surface area contributed by atoms with E-state index in [4.69, 9.17) is 11.5 Å². The largest absolute Gasteiger partial charge is 0.508 e. The fourth-order valence-corrected chi connectivity index (χ4v) is 8.79. The van der Waals surface area contributed by atoms with Gasteiger partial charge in [0.05, 0.1) is 19.3 Å². The lowest BCUT2D eigenvalue weighted by Crippen LogP contribution is -2.61. The van der Waals surface area contributed by atoms with E-state index in [1.54, 1.807) is 55.4 Å². The molecule has 0 saturated heterocycles. The van der Waals surface area contributed by atoms with Crippen LogP contribution >= 0.6 is 25.3 Å². The van der Waals surface area contributed by atoms with Gasteiger partial charge in [-0.1, -0.05) is 67.5 Å². The van der Waals surface area contributed by atoms with Crippen molar-refractivity contribution >= 4 is 108 Å². The molecule has 0 heterocycles. The van der Waals surface area contributed by atoms with E-state index >= 15 is 0 Å². The van der Waals surface area contributed by atoms with E-state index in [-0.39, 0.29) is 48.5 Å². The Morgan fingerprint density at radius 1 is 0.418 bits per heavy atom. The second-order valence-electron chi connectivity index (χ2n) is 23.4. The number of amides is 13. The molecule has 0 aromatic heterocycles. The minimum absolute atomic E-state index is 0.0521. The molecule has 1 aromatic rings. The van der Waals surface area contributed by atoms with E-state index in [0.717, 1.165) is 0 Å². The SMILES string of the molecule is CC(C)C[C@H](NC(=O)[C@H](C)NC(=O)[C@H](CS)NC(=O)[C@H](CCC(N)=O)NC(=O)[C@H](CS)NC(=O)[C@H](CO)NC(=O)[C@H](CC(C)C)NC(=O)[C@H](C)NC(=O)[C@@H](NC(=O)[C@H](C)NC(=O)[C@H](Cc1ccc(O)cc1)NC(=O)[C@H](CO)NC(=O)[C@@H](N)C(C)C)C(C)C)C(=O)O. The molecular formula is C57H94N14O18S2. The van der Waals surface area contributed by atoms with Crippen molar-refractivity contribution in [2.45, 2.75) is 187 Å². The number of thiol groups is 2. The van der Waals surface area contributed by atoms with Crippen molar-refractivity contribution in [2.24, 2.45) is 35.1 Å². The monoisotopic (exact) mass is 1330 g/mol. The van der Waals surface area contributed by atoms with Gasteiger partial charge in [-0.15, -0.1) is 0 Å². The molecule has 0 aliphatic rings. The van der Waals surface area contributed by atoms with Gasteiger partial charge in [-0.25, -0.2) is 4.79 Å². The maximum absolute atomic E-state index is 13.8. The highest BCUT2D eigenvalue weighted by Crippen LogP contribution is 2.14. The molecule has 1 rings (SSSR count). The number of aliphatic carboxylic acids is 1. The summed E-state index contributed by atoms with van der Waals surface area (Å²) < 4.78 is 0. The van der Waals surface area contributed by atoms with Crippen LogP contribution in [0.3, 0.4) is 0 Å². The third-order valence-corrected chi connectivity index (χ3v) is 14.5. The summed E-state index contributed by atoms with van der Waals surface area (Å²) in [6.45, 7) is 15.3. The van der Waals surface area contributed by atoms with Gasteiger partial charge in [-0.3, -0.25) is 62.3 Å². The average molecular weight is 1330 g/mol. The number of carbonyl (C=O) groups is 14. The number of carboxylic acid groups (broad SMARTS) is 1. The Balaban J connectivity index is 3.18. The first-order valence-corrected chi connectivity index (χ1v) is 30.8. The van der Waals surface area contributed by atoms with Crippen molar-refractivity contribution < 1.29 is 87.5 Å². The highest BCUT2D eigenvalue weighted by Gasteiger charge is 2.36. The Bertz CT molecular complexity index is 2690. The van der Waals surface area contributed by atoms with E-state index < -0.39 is 199 Å². The zero-order chi connectivity index (χ0) is 69.7. The normalized spacial score (nSPS) is 15.6. The van der Waals surface area contributed by atoms with Crippen LogP contribution < -0.4 is 75.3 Å². The van der Waals surface area contributed by atoms with Gasteiger partial charge in [0, 0.05) is 24.3 Å². The number of carboxylic acids is 1. The van der Waals surface area contributed by atoms with Crippen molar-refractivity contribution in [3.63, 3.8) is 0 Å². The highest BCUT2D eigenvalue weighted by atomic mass is 32.1. The van der Waals surface area contributed by atoms with Gasteiger partial charge in [0.1, 0.15) is 78.3 Å². The molecule has 0 spiro atoms. The summed E-state index contributed by atoms with van der Waals surface area (Å²) in [5, 5.41) is 68.5. The number of nitrogens with one attached hydrogen (secondary N) is 12. The van der Waals surface area contributed by atoms with Crippen molar-refractivity contribution in [2.75, 3.05) is 24.7 Å². The number of phenols is 1. The first kappa shape index (κ1) is 81.2. The molecule has 0 bridgehead atoms. The van der Waals surface area contributed by atoms with Crippen molar-refractivity contribution in [3.05, 3.63) is 29.8 Å². The zero-order valence-electron chi connectivity index (χ0n) is 53.0. The van der Waals surface area contributed by atoms with Gasteiger partial charge in [-0.05, 0) is 81.4 Å². The van der Waals surface area contributed by atoms with Crippen molar-refractivity contribution in [1.82, 2.24) is 63.8 Å². The number of aromatic hydroxyl groups is 1. The molecule has 1 aromatic carbocycles. The summed E-state index contributed by atoms with van der Waals surface area (Å²) in [7, 11) is 0. The number of aliphatic hydroxyl groups excluding tert-OH is 2. The summed E-state index contributed by atoms with van der Waals surface area (Å²) in [4.78, 5) is 185. The van der Waals surface area contributed by atoms with Gasteiger partial charge < -0.3 is 95.7 Å². The maximum Gasteiger partial charge on any atom is 0.326 e. The number of hydrogen-bond donors (Lipinski definition) is 20. The summed E-state index contributed by atoms with van der Waals surface area (Å²) >= 11 is 8.25. The van der Waals surface area contributed by atoms with E-state index in [0.29, 0.717) is 5.56 Å². The highest BCUT2D eigenvalue weighted by molar-refractivity contribution is 7.80. The lowest BCUT2D eigenvalue weighted by atomic mass is 10.0. The number of rotatable bonds is 40. The first-order chi connectivity index (χ1) is 42.4. The Morgan fingerprint density at radius 3 is 1.18 bits per heavy atom. The minimum Gasteiger partial charge on any atom is -0.508 e. The number of phenolic OH excluding ortho intramolecular Hbond substituents is 1. The predicted molar refractivity (Wildman–Crippen MR) is 337 cm³/mol. The summed E-state index contributed by atoms with van der Waals surface area (Å²) in [5.74, 6) is -15.6. The number of aliphatic hydroxyl groups is 2. The predicted octanol–water partition coefficient (Wildman–Crippen LogP) is -5.26. The van der Waals surface area contributed by atoms with Crippen LogP contribution in [0.5, 0.6) is 5.75 Å². The molecule has 32 nitrogen and oxygen atoms in total. The van der Waals surface area contributed by atoms with Crippen LogP contribution in [0.1, 0.15) is 107 Å². The lowest BCUT2D eigenvalue weighted by molar-refractivity contribution is -0.142. The smallest absolute Gasteiger partial charge is 0.326 e. The van der Waals surface area contributed by atoms with E-state index in [1.165, 1.54) is 45.0 Å². The molecule has 0 fully saturated rings. The molecule has 13 atom stereocenters. The summed E-state index contributed by atoms with van der Waals surface area (Å²) in [6.07, 6.45) is -1.03. The number of carbonyl (C=O) groups excluding carboxylic acids is 13. The van der Waals surface area contributed by atoms with Gasteiger partial charge >= 0.3 is 5.97 Å². The molecule has 512 valence electrons. The van der Waals surface area contributed by atoms with Crippen LogP contribution in [0, 0.1) is 23.7 Å². The van der Waals surface area contributed by atoms with Crippen LogP contribution in [-0.4, -0.2) is 206 Å². The number of primary amides is 1. The number of benzene rings is 1. The Morgan fingerprint density at radius 2 is 0.758 bits per heavy atom. The van der Waals surface area contributed by atoms with Gasteiger partial charge in [0.2, 0.25) is 76.8 Å². The third-order valence-electron chi connectivity index (χ3n) is 13.8. The van der Waals surface area contributed by atoms with Crippen LogP contribution in [0.15, 0.2) is 24.3 Å². The molecule has 91 heavy (non-hydrogen) atoms. The molecule has 13 amide bonds. The van der Waals surface area contributed by atoms with Gasteiger partial charge in [0.15, 0.2) is 0 Å². The maximum atomic E-state index is 13.8. The van der Waals surface area contributed by atoms with Crippen molar-refractivity contribution in [3.8, 4) is 5.75 Å².